The number of methoxy groups -OCH3 is 1. The first kappa shape index (κ1) is 14.2. The van der Waals surface area contributed by atoms with Crippen molar-refractivity contribution in [3.05, 3.63) is 21.1 Å². The Morgan fingerprint density at radius 1 is 1.28 bits per heavy atom. The minimum Gasteiger partial charge on any atom is -0.496 e. The van der Waals surface area contributed by atoms with Gasteiger partial charge in [-0.05, 0) is 63.8 Å². The first-order valence-electron chi connectivity index (χ1n) is 6.03. The lowest BCUT2D eigenvalue weighted by atomic mass is 10.3. The van der Waals surface area contributed by atoms with Crippen LogP contribution in [0.1, 0.15) is 19.8 Å². The molecule has 2 rings (SSSR count). The van der Waals surface area contributed by atoms with Crippen molar-refractivity contribution in [2.24, 2.45) is 0 Å². The number of hydrogen-bond acceptors (Lipinski definition) is 3. The Labute approximate surface area is 124 Å². The molecular formula is C13H17Br2NO2. The SMILES string of the molecule is COc1cc(Br)c(OC(C)CNC2CC2)cc1Br. The molecule has 0 aliphatic heterocycles. The molecule has 1 aromatic rings. The van der Waals surface area contributed by atoms with Crippen LogP contribution in [0.25, 0.3) is 0 Å². The molecule has 0 bridgehead atoms. The Kier molecular flexibility index (Phi) is 4.92. The van der Waals surface area contributed by atoms with E-state index >= 15 is 0 Å². The van der Waals surface area contributed by atoms with Gasteiger partial charge in [-0.3, -0.25) is 0 Å². The zero-order valence-electron chi connectivity index (χ0n) is 10.5. The minimum absolute atomic E-state index is 0.141. The molecule has 18 heavy (non-hydrogen) atoms. The van der Waals surface area contributed by atoms with Crippen molar-refractivity contribution in [3.8, 4) is 11.5 Å². The lowest BCUT2D eigenvalue weighted by molar-refractivity contribution is 0.215. The van der Waals surface area contributed by atoms with Crippen LogP contribution in [0.15, 0.2) is 21.1 Å². The number of hydrogen-bond donors (Lipinski definition) is 1. The predicted octanol–water partition coefficient (Wildman–Crippen LogP) is 3.74. The van der Waals surface area contributed by atoms with Crippen molar-refractivity contribution in [2.45, 2.75) is 31.9 Å². The van der Waals surface area contributed by atoms with E-state index in [4.69, 9.17) is 9.47 Å². The number of halogens is 2. The van der Waals surface area contributed by atoms with Crippen LogP contribution in [0.4, 0.5) is 0 Å². The van der Waals surface area contributed by atoms with Gasteiger partial charge in [0, 0.05) is 12.6 Å². The van der Waals surface area contributed by atoms with Crippen LogP contribution in [-0.2, 0) is 0 Å². The van der Waals surface area contributed by atoms with E-state index in [1.54, 1.807) is 7.11 Å². The molecule has 1 unspecified atom stereocenters. The first-order valence-corrected chi connectivity index (χ1v) is 7.62. The van der Waals surface area contributed by atoms with Crippen LogP contribution in [-0.4, -0.2) is 25.8 Å². The van der Waals surface area contributed by atoms with E-state index in [9.17, 15) is 0 Å². The van der Waals surface area contributed by atoms with Gasteiger partial charge in [-0.15, -0.1) is 0 Å². The molecule has 0 heterocycles. The molecule has 1 N–H and O–H groups in total. The molecule has 1 aliphatic rings. The Balaban J connectivity index is 1.96. The van der Waals surface area contributed by atoms with Crippen LogP contribution in [0.2, 0.25) is 0 Å². The third kappa shape index (κ3) is 3.87. The summed E-state index contributed by atoms with van der Waals surface area (Å²) in [6.07, 6.45) is 2.73. The van der Waals surface area contributed by atoms with Crippen LogP contribution in [0.5, 0.6) is 11.5 Å². The van der Waals surface area contributed by atoms with Crippen LogP contribution in [0.3, 0.4) is 0 Å². The summed E-state index contributed by atoms with van der Waals surface area (Å²) >= 11 is 6.96. The second kappa shape index (κ2) is 6.26. The van der Waals surface area contributed by atoms with Gasteiger partial charge in [-0.25, -0.2) is 0 Å². The number of rotatable bonds is 6. The summed E-state index contributed by atoms with van der Waals surface area (Å²) in [4.78, 5) is 0. The van der Waals surface area contributed by atoms with Crippen LogP contribution < -0.4 is 14.8 Å². The largest absolute Gasteiger partial charge is 0.496 e. The van der Waals surface area contributed by atoms with Gasteiger partial charge in [0.2, 0.25) is 0 Å². The molecule has 0 amide bonds. The normalized spacial score (nSPS) is 16.4. The molecule has 0 saturated heterocycles. The third-order valence-corrected chi connectivity index (χ3v) is 4.05. The van der Waals surface area contributed by atoms with Crippen LogP contribution >= 0.6 is 31.9 Å². The molecule has 100 valence electrons. The lowest BCUT2D eigenvalue weighted by Crippen LogP contribution is -2.30. The molecule has 1 aromatic carbocycles. The fourth-order valence-corrected chi connectivity index (χ4v) is 2.54. The second-order valence-corrected chi connectivity index (χ2v) is 6.24. The number of ether oxygens (including phenoxy) is 2. The van der Waals surface area contributed by atoms with Crippen molar-refractivity contribution in [1.82, 2.24) is 5.32 Å². The van der Waals surface area contributed by atoms with Gasteiger partial charge in [0.25, 0.3) is 0 Å². The quantitative estimate of drug-likeness (QED) is 0.817. The Hall–Kier alpha value is -0.260. The topological polar surface area (TPSA) is 30.5 Å². The highest BCUT2D eigenvalue weighted by molar-refractivity contribution is 9.11. The van der Waals surface area contributed by atoms with Crippen molar-refractivity contribution < 1.29 is 9.47 Å². The van der Waals surface area contributed by atoms with E-state index in [1.807, 2.05) is 12.1 Å². The third-order valence-electron chi connectivity index (χ3n) is 2.81. The van der Waals surface area contributed by atoms with Crippen molar-refractivity contribution in [2.75, 3.05) is 13.7 Å². The summed E-state index contributed by atoms with van der Waals surface area (Å²) in [6.45, 7) is 2.95. The Morgan fingerprint density at radius 3 is 2.50 bits per heavy atom. The van der Waals surface area contributed by atoms with Gasteiger partial charge < -0.3 is 14.8 Å². The summed E-state index contributed by atoms with van der Waals surface area (Å²) < 4.78 is 12.9. The zero-order valence-corrected chi connectivity index (χ0v) is 13.7. The second-order valence-electron chi connectivity index (χ2n) is 4.53. The Morgan fingerprint density at radius 2 is 1.89 bits per heavy atom. The molecule has 1 fully saturated rings. The maximum atomic E-state index is 5.91. The van der Waals surface area contributed by atoms with Crippen molar-refractivity contribution in [1.29, 1.82) is 0 Å². The van der Waals surface area contributed by atoms with Gasteiger partial charge in [0.05, 0.1) is 16.1 Å². The van der Waals surface area contributed by atoms with Gasteiger partial charge in [0.15, 0.2) is 0 Å². The predicted molar refractivity (Wildman–Crippen MR) is 79.5 cm³/mol. The van der Waals surface area contributed by atoms with E-state index in [1.165, 1.54) is 12.8 Å². The molecular weight excluding hydrogens is 362 g/mol. The summed E-state index contributed by atoms with van der Waals surface area (Å²) in [5, 5.41) is 3.46. The van der Waals surface area contributed by atoms with E-state index in [-0.39, 0.29) is 6.10 Å². The Bertz CT molecular complexity index is 422. The maximum absolute atomic E-state index is 5.91. The molecule has 1 atom stereocenters. The standard InChI is InChI=1S/C13H17Br2NO2/c1-8(7-16-9-3-4-9)18-13-6-10(14)12(17-2)5-11(13)15/h5-6,8-9,16H,3-4,7H2,1-2H3. The highest BCUT2D eigenvalue weighted by Crippen LogP contribution is 2.36. The average molecular weight is 379 g/mol. The van der Waals surface area contributed by atoms with Crippen molar-refractivity contribution >= 4 is 31.9 Å². The molecule has 1 aliphatic carbocycles. The van der Waals surface area contributed by atoms with Crippen LogP contribution in [0, 0.1) is 0 Å². The fraction of sp³-hybridized carbons (Fsp3) is 0.538. The van der Waals surface area contributed by atoms with Gasteiger partial charge in [0.1, 0.15) is 17.6 Å². The van der Waals surface area contributed by atoms with E-state index in [2.05, 4.69) is 44.1 Å². The summed E-state index contributed by atoms with van der Waals surface area (Å²) in [6, 6.07) is 4.54. The molecule has 0 radical (unpaired) electrons. The maximum Gasteiger partial charge on any atom is 0.135 e. The summed E-state index contributed by atoms with van der Waals surface area (Å²) in [7, 11) is 1.65. The number of nitrogens with one attached hydrogen (secondary N) is 1. The average Bonchev–Trinajstić information content (AvgIpc) is 3.15. The number of benzene rings is 1. The smallest absolute Gasteiger partial charge is 0.135 e. The zero-order chi connectivity index (χ0) is 13.1. The monoisotopic (exact) mass is 377 g/mol. The van der Waals surface area contributed by atoms with Gasteiger partial charge >= 0.3 is 0 Å². The van der Waals surface area contributed by atoms with Gasteiger partial charge in [-0.2, -0.15) is 0 Å². The molecule has 5 heteroatoms. The molecule has 1 saturated carbocycles. The summed E-state index contributed by atoms with van der Waals surface area (Å²) in [5.41, 5.74) is 0. The molecule has 0 aromatic heterocycles. The van der Waals surface area contributed by atoms with E-state index < -0.39 is 0 Å². The highest BCUT2D eigenvalue weighted by Gasteiger charge is 2.21. The van der Waals surface area contributed by atoms with Crippen molar-refractivity contribution in [3.63, 3.8) is 0 Å². The highest BCUT2D eigenvalue weighted by atomic mass is 79.9. The van der Waals surface area contributed by atoms with E-state index in [0.717, 1.165) is 27.0 Å². The van der Waals surface area contributed by atoms with E-state index in [0.29, 0.717) is 6.04 Å². The first-order chi connectivity index (χ1) is 8.60. The summed E-state index contributed by atoms with van der Waals surface area (Å²) in [5.74, 6) is 1.62. The molecule has 3 nitrogen and oxygen atoms in total. The fourth-order valence-electron chi connectivity index (χ4n) is 1.64. The molecule has 0 spiro atoms. The lowest BCUT2D eigenvalue weighted by Gasteiger charge is -2.17. The minimum atomic E-state index is 0.141. The van der Waals surface area contributed by atoms with Gasteiger partial charge in [-0.1, -0.05) is 0 Å².